The van der Waals surface area contributed by atoms with Crippen molar-refractivity contribution >= 4 is 16.9 Å². The van der Waals surface area contributed by atoms with Gasteiger partial charge in [-0.15, -0.1) is 0 Å². The van der Waals surface area contributed by atoms with E-state index in [2.05, 4.69) is 23.3 Å². The Labute approximate surface area is 177 Å². The van der Waals surface area contributed by atoms with Crippen LogP contribution in [0, 0.1) is 19.8 Å². The molecule has 3 aromatic rings. The number of benzene rings is 2. The molecule has 0 bridgehead atoms. The van der Waals surface area contributed by atoms with Crippen LogP contribution in [0.1, 0.15) is 48.8 Å². The summed E-state index contributed by atoms with van der Waals surface area (Å²) in [7, 11) is 0. The fraction of sp³-hybridized carbons (Fsp3) is 0.400. The van der Waals surface area contributed by atoms with Crippen LogP contribution in [0.25, 0.3) is 10.9 Å². The maximum Gasteiger partial charge on any atom is 0.341 e. The molecule has 0 aliphatic heterocycles. The number of fused-ring (bicyclic) bond motifs is 1. The second-order valence-corrected chi connectivity index (χ2v) is 8.40. The van der Waals surface area contributed by atoms with E-state index >= 15 is 0 Å². The van der Waals surface area contributed by atoms with Crippen molar-refractivity contribution in [1.29, 1.82) is 0 Å². The first-order valence-corrected chi connectivity index (χ1v) is 10.7. The van der Waals surface area contributed by atoms with Gasteiger partial charge in [-0.3, -0.25) is 0 Å². The Bertz CT molecular complexity index is 1020. The number of nitrogens with one attached hydrogen (secondary N) is 1. The van der Waals surface area contributed by atoms with Gasteiger partial charge in [-0.1, -0.05) is 32.1 Å². The minimum absolute atomic E-state index is 0.354. The lowest BCUT2D eigenvalue weighted by Crippen LogP contribution is -2.09. The summed E-state index contributed by atoms with van der Waals surface area (Å²) in [6, 6.07) is 9.81. The molecule has 1 saturated carbocycles. The van der Waals surface area contributed by atoms with Gasteiger partial charge < -0.3 is 19.6 Å². The third-order valence-electron chi connectivity index (χ3n) is 5.99. The highest BCUT2D eigenvalue weighted by Crippen LogP contribution is 2.35. The molecule has 0 unspecified atom stereocenters. The predicted molar refractivity (Wildman–Crippen MR) is 118 cm³/mol. The molecule has 0 spiro atoms. The van der Waals surface area contributed by atoms with Crippen molar-refractivity contribution in [3.63, 3.8) is 0 Å². The van der Waals surface area contributed by atoms with Crippen molar-refractivity contribution in [3.8, 4) is 17.2 Å². The lowest BCUT2D eigenvalue weighted by molar-refractivity contribution is -0.139. The highest BCUT2D eigenvalue weighted by Gasteiger charge is 2.17. The minimum Gasteiger partial charge on any atom is -0.482 e. The molecule has 1 aromatic heterocycles. The van der Waals surface area contributed by atoms with Crippen LogP contribution in [-0.2, 0) is 11.2 Å². The zero-order valence-electron chi connectivity index (χ0n) is 17.7. The number of aryl methyl sites for hydroxylation is 2. The summed E-state index contributed by atoms with van der Waals surface area (Å²) < 4.78 is 11.6. The maximum absolute atomic E-state index is 10.7. The topological polar surface area (TPSA) is 71.6 Å². The van der Waals surface area contributed by atoms with Crippen LogP contribution in [0.3, 0.4) is 0 Å². The molecular weight excluding hydrogens is 378 g/mol. The number of rotatable bonds is 7. The fourth-order valence-corrected chi connectivity index (χ4v) is 4.51. The van der Waals surface area contributed by atoms with Crippen LogP contribution in [0.4, 0.5) is 0 Å². The Balaban J connectivity index is 1.55. The van der Waals surface area contributed by atoms with E-state index in [9.17, 15) is 4.79 Å². The average Bonchev–Trinajstić information content (AvgIpc) is 3.12. The Morgan fingerprint density at radius 3 is 2.50 bits per heavy atom. The van der Waals surface area contributed by atoms with Gasteiger partial charge >= 0.3 is 5.97 Å². The summed E-state index contributed by atoms with van der Waals surface area (Å²) >= 11 is 0. The molecule has 0 amide bonds. The van der Waals surface area contributed by atoms with Crippen molar-refractivity contribution < 1.29 is 19.4 Å². The summed E-state index contributed by atoms with van der Waals surface area (Å²) in [5.41, 5.74) is 4.33. The smallest absolute Gasteiger partial charge is 0.341 e. The van der Waals surface area contributed by atoms with Crippen LogP contribution < -0.4 is 9.47 Å². The first kappa shape index (κ1) is 20.3. The molecule has 2 aromatic carbocycles. The van der Waals surface area contributed by atoms with Gasteiger partial charge in [0.1, 0.15) is 17.2 Å². The number of carboxylic acid groups (broad SMARTS) is 1. The third-order valence-corrected chi connectivity index (χ3v) is 5.99. The number of aromatic nitrogens is 1. The van der Waals surface area contributed by atoms with Gasteiger partial charge in [-0.2, -0.15) is 0 Å². The predicted octanol–water partition coefficient (Wildman–Crippen LogP) is 6.16. The van der Waals surface area contributed by atoms with E-state index in [1.54, 1.807) is 0 Å². The van der Waals surface area contributed by atoms with E-state index in [1.165, 1.54) is 43.1 Å². The van der Waals surface area contributed by atoms with E-state index in [1.807, 2.05) is 32.0 Å². The van der Waals surface area contributed by atoms with E-state index in [4.69, 9.17) is 14.6 Å². The van der Waals surface area contributed by atoms with Crippen molar-refractivity contribution in [2.24, 2.45) is 5.92 Å². The van der Waals surface area contributed by atoms with Crippen LogP contribution in [-0.4, -0.2) is 22.7 Å². The van der Waals surface area contributed by atoms with E-state index < -0.39 is 5.97 Å². The van der Waals surface area contributed by atoms with Crippen LogP contribution >= 0.6 is 0 Å². The van der Waals surface area contributed by atoms with Crippen LogP contribution in [0.15, 0.2) is 36.5 Å². The van der Waals surface area contributed by atoms with Gasteiger partial charge in [-0.05, 0) is 73.2 Å². The molecule has 0 radical (unpaired) electrons. The van der Waals surface area contributed by atoms with Gasteiger partial charge in [0.05, 0.1) is 0 Å². The van der Waals surface area contributed by atoms with Crippen molar-refractivity contribution in [3.05, 3.63) is 53.2 Å². The highest BCUT2D eigenvalue weighted by molar-refractivity contribution is 5.84. The molecule has 5 nitrogen and oxygen atoms in total. The monoisotopic (exact) mass is 407 g/mol. The first-order valence-electron chi connectivity index (χ1n) is 10.7. The zero-order chi connectivity index (χ0) is 21.1. The van der Waals surface area contributed by atoms with Crippen molar-refractivity contribution in [2.45, 2.75) is 52.4 Å². The zero-order valence-corrected chi connectivity index (χ0v) is 17.7. The summed E-state index contributed by atoms with van der Waals surface area (Å²) in [6.45, 7) is 3.53. The molecular formula is C25H29NO4. The van der Waals surface area contributed by atoms with E-state index in [0.29, 0.717) is 5.75 Å². The number of hydrogen-bond acceptors (Lipinski definition) is 3. The number of hydrogen-bond donors (Lipinski definition) is 2. The summed E-state index contributed by atoms with van der Waals surface area (Å²) in [5, 5.41) is 10.0. The minimum atomic E-state index is -0.991. The molecule has 1 fully saturated rings. The summed E-state index contributed by atoms with van der Waals surface area (Å²) in [5.74, 6) is 1.91. The molecule has 0 saturated heterocycles. The van der Waals surface area contributed by atoms with Gasteiger partial charge in [0.25, 0.3) is 0 Å². The molecule has 30 heavy (non-hydrogen) atoms. The van der Waals surface area contributed by atoms with Gasteiger partial charge in [-0.25, -0.2) is 4.79 Å². The number of ether oxygens (including phenoxy) is 2. The molecule has 158 valence electrons. The lowest BCUT2D eigenvalue weighted by Gasteiger charge is -2.21. The first-order chi connectivity index (χ1) is 14.5. The van der Waals surface area contributed by atoms with Gasteiger partial charge in [0.2, 0.25) is 0 Å². The number of carboxylic acids is 1. The molecule has 1 heterocycles. The lowest BCUT2D eigenvalue weighted by atomic mass is 9.85. The third kappa shape index (κ3) is 4.61. The molecule has 1 aliphatic carbocycles. The molecule has 0 atom stereocenters. The second-order valence-electron chi connectivity index (χ2n) is 8.40. The van der Waals surface area contributed by atoms with Gasteiger partial charge in [0.15, 0.2) is 6.61 Å². The summed E-state index contributed by atoms with van der Waals surface area (Å²) in [4.78, 5) is 14.1. The second kappa shape index (κ2) is 8.82. The van der Waals surface area contributed by atoms with Crippen LogP contribution in [0.2, 0.25) is 0 Å². The van der Waals surface area contributed by atoms with E-state index in [-0.39, 0.29) is 6.61 Å². The highest BCUT2D eigenvalue weighted by atomic mass is 16.5. The maximum atomic E-state index is 10.7. The Hall–Kier alpha value is -2.95. The Kier molecular flexibility index (Phi) is 5.98. The Morgan fingerprint density at radius 2 is 1.80 bits per heavy atom. The molecule has 5 heteroatoms. The summed E-state index contributed by atoms with van der Waals surface area (Å²) in [6.07, 6.45) is 10.0. The number of aromatic amines is 1. The number of H-pyrrole nitrogens is 1. The molecule has 4 rings (SSSR count). The normalized spacial score (nSPS) is 14.7. The van der Waals surface area contributed by atoms with E-state index in [0.717, 1.165) is 40.5 Å². The number of aliphatic carboxylic acids is 1. The Morgan fingerprint density at radius 1 is 1.07 bits per heavy atom. The van der Waals surface area contributed by atoms with Crippen LogP contribution in [0.5, 0.6) is 17.2 Å². The molecule has 1 aliphatic rings. The SMILES string of the molecule is Cc1cc(OCC(=O)O)cc(C)c1Oc1ccc2[nH]cc(CC3CCCCC3)c2c1. The molecule has 2 N–H and O–H groups in total. The number of carbonyl (C=O) groups is 1. The standard InChI is InChI=1S/C25H29NO4/c1-16-10-21(29-15-24(27)28)11-17(2)25(16)30-20-8-9-23-22(13-20)19(14-26-23)12-18-6-4-3-5-7-18/h8-11,13-14,18,26H,3-7,12,15H2,1-2H3,(H,27,28). The average molecular weight is 408 g/mol. The van der Waals surface area contributed by atoms with Crippen molar-refractivity contribution in [1.82, 2.24) is 4.98 Å². The van der Waals surface area contributed by atoms with Gasteiger partial charge in [0, 0.05) is 17.1 Å². The largest absolute Gasteiger partial charge is 0.482 e. The van der Waals surface area contributed by atoms with Crippen molar-refractivity contribution in [2.75, 3.05) is 6.61 Å². The fourth-order valence-electron chi connectivity index (χ4n) is 4.51. The quantitative estimate of drug-likeness (QED) is 0.492.